The van der Waals surface area contributed by atoms with Crippen LogP contribution >= 0.6 is 0 Å². The van der Waals surface area contributed by atoms with Gasteiger partial charge in [-0.15, -0.1) is 0 Å². The number of unbranched alkanes of at least 4 members (excludes halogenated alkanes) is 6. The maximum atomic E-state index is 4.47. The molecule has 0 saturated carbocycles. The smallest absolute Gasteiger partial charge is 0.153 e. The van der Waals surface area contributed by atoms with Crippen LogP contribution in [0.4, 0.5) is 5.82 Å². The molecule has 24 heavy (non-hydrogen) atoms. The highest BCUT2D eigenvalue weighted by Crippen LogP contribution is 2.27. The SMILES string of the molecule is CCCCCCCCCNc1ncnc2c1[nH]c1ccc(C)cc12. The maximum absolute atomic E-state index is 4.47. The van der Waals surface area contributed by atoms with Crippen LogP contribution in [-0.4, -0.2) is 21.5 Å². The van der Waals surface area contributed by atoms with Gasteiger partial charge in [0.05, 0.1) is 0 Å². The zero-order chi connectivity index (χ0) is 16.8. The second kappa shape index (κ2) is 8.13. The van der Waals surface area contributed by atoms with E-state index in [1.165, 1.54) is 55.9 Å². The van der Waals surface area contributed by atoms with E-state index in [1.807, 2.05) is 0 Å². The lowest BCUT2D eigenvalue weighted by Crippen LogP contribution is -2.04. The molecule has 0 aliphatic carbocycles. The van der Waals surface area contributed by atoms with Crippen molar-refractivity contribution in [1.29, 1.82) is 0 Å². The van der Waals surface area contributed by atoms with E-state index < -0.39 is 0 Å². The number of H-pyrrole nitrogens is 1. The van der Waals surface area contributed by atoms with Crippen LogP contribution in [0.5, 0.6) is 0 Å². The Morgan fingerprint density at radius 2 is 1.79 bits per heavy atom. The number of aromatic nitrogens is 3. The van der Waals surface area contributed by atoms with Crippen molar-refractivity contribution in [2.45, 2.75) is 58.8 Å². The van der Waals surface area contributed by atoms with Crippen molar-refractivity contribution in [2.75, 3.05) is 11.9 Å². The number of hydrogen-bond acceptors (Lipinski definition) is 3. The van der Waals surface area contributed by atoms with Crippen LogP contribution in [0, 0.1) is 6.92 Å². The highest BCUT2D eigenvalue weighted by molar-refractivity contribution is 6.08. The van der Waals surface area contributed by atoms with E-state index in [-0.39, 0.29) is 0 Å². The van der Waals surface area contributed by atoms with E-state index >= 15 is 0 Å². The zero-order valence-corrected chi connectivity index (χ0v) is 14.9. The normalized spacial score (nSPS) is 11.4. The van der Waals surface area contributed by atoms with Gasteiger partial charge in [-0.05, 0) is 25.5 Å². The molecule has 0 unspecified atom stereocenters. The third-order valence-electron chi connectivity index (χ3n) is 4.61. The Morgan fingerprint density at radius 3 is 2.62 bits per heavy atom. The summed E-state index contributed by atoms with van der Waals surface area (Å²) in [5.41, 5.74) is 4.39. The number of nitrogens with zero attached hydrogens (tertiary/aromatic N) is 2. The van der Waals surface area contributed by atoms with Gasteiger partial charge in [-0.3, -0.25) is 0 Å². The molecule has 0 amide bonds. The second-order valence-corrected chi connectivity index (χ2v) is 6.67. The van der Waals surface area contributed by atoms with Crippen molar-refractivity contribution >= 4 is 27.8 Å². The Hall–Kier alpha value is -2.10. The number of nitrogens with one attached hydrogen (secondary N) is 2. The van der Waals surface area contributed by atoms with Crippen LogP contribution in [0.15, 0.2) is 24.5 Å². The summed E-state index contributed by atoms with van der Waals surface area (Å²) in [6.45, 7) is 5.34. The lowest BCUT2D eigenvalue weighted by molar-refractivity contribution is 0.596. The van der Waals surface area contributed by atoms with Crippen LogP contribution in [0.2, 0.25) is 0 Å². The Labute approximate surface area is 144 Å². The average Bonchev–Trinajstić information content (AvgIpc) is 2.96. The minimum atomic E-state index is 0.917. The Kier molecular flexibility index (Phi) is 5.68. The van der Waals surface area contributed by atoms with Gasteiger partial charge in [0.15, 0.2) is 5.82 Å². The van der Waals surface area contributed by atoms with Crippen LogP contribution in [0.1, 0.15) is 57.4 Å². The summed E-state index contributed by atoms with van der Waals surface area (Å²) in [5.74, 6) is 0.917. The number of hydrogen-bond donors (Lipinski definition) is 2. The average molecular weight is 324 g/mol. The minimum Gasteiger partial charge on any atom is -0.368 e. The van der Waals surface area contributed by atoms with E-state index in [9.17, 15) is 0 Å². The number of fused-ring (bicyclic) bond motifs is 3. The Morgan fingerprint density at radius 1 is 1.00 bits per heavy atom. The molecular weight excluding hydrogens is 296 g/mol. The van der Waals surface area contributed by atoms with Crippen molar-refractivity contribution in [2.24, 2.45) is 0 Å². The van der Waals surface area contributed by atoms with E-state index in [1.54, 1.807) is 6.33 Å². The van der Waals surface area contributed by atoms with E-state index in [0.29, 0.717) is 0 Å². The van der Waals surface area contributed by atoms with Crippen LogP contribution in [0.3, 0.4) is 0 Å². The van der Waals surface area contributed by atoms with Crippen molar-refractivity contribution < 1.29 is 0 Å². The van der Waals surface area contributed by atoms with Crippen LogP contribution in [0.25, 0.3) is 21.9 Å². The standard InChI is InChI=1S/C20H28N4/c1-3-4-5-6-7-8-9-12-21-20-19-18(22-14-23-20)16-13-15(2)10-11-17(16)24-19/h10-11,13-14,24H,3-9,12H2,1-2H3,(H,21,22,23). The molecule has 128 valence electrons. The molecule has 2 N–H and O–H groups in total. The largest absolute Gasteiger partial charge is 0.368 e. The quantitative estimate of drug-likeness (QED) is 0.505. The summed E-state index contributed by atoms with van der Waals surface area (Å²) in [6, 6.07) is 6.42. The Bertz CT molecular complexity index is 791. The fraction of sp³-hybridized carbons (Fsp3) is 0.500. The summed E-state index contributed by atoms with van der Waals surface area (Å²) in [5, 5.41) is 4.66. The molecule has 3 aromatic rings. The highest BCUT2D eigenvalue weighted by Gasteiger charge is 2.10. The first kappa shape index (κ1) is 16.7. The molecular formula is C20H28N4. The van der Waals surface area contributed by atoms with Gasteiger partial charge in [0.2, 0.25) is 0 Å². The molecule has 3 rings (SSSR count). The number of aromatic amines is 1. The summed E-state index contributed by atoms with van der Waals surface area (Å²) in [7, 11) is 0. The first-order chi connectivity index (χ1) is 11.8. The van der Waals surface area contributed by atoms with Crippen molar-refractivity contribution in [1.82, 2.24) is 15.0 Å². The third-order valence-corrected chi connectivity index (χ3v) is 4.61. The third kappa shape index (κ3) is 3.86. The van der Waals surface area contributed by atoms with E-state index in [4.69, 9.17) is 0 Å². The van der Waals surface area contributed by atoms with Gasteiger partial charge in [0, 0.05) is 17.4 Å². The van der Waals surface area contributed by atoms with Gasteiger partial charge < -0.3 is 10.3 Å². The topological polar surface area (TPSA) is 53.6 Å². The monoisotopic (exact) mass is 324 g/mol. The fourth-order valence-corrected chi connectivity index (χ4v) is 3.23. The van der Waals surface area contributed by atoms with Crippen molar-refractivity contribution in [3.63, 3.8) is 0 Å². The molecule has 0 spiro atoms. The number of rotatable bonds is 9. The molecule has 1 aromatic carbocycles. The number of benzene rings is 1. The first-order valence-electron chi connectivity index (χ1n) is 9.26. The van der Waals surface area contributed by atoms with Crippen molar-refractivity contribution in [3.8, 4) is 0 Å². The molecule has 0 bridgehead atoms. The van der Waals surface area contributed by atoms with Gasteiger partial charge >= 0.3 is 0 Å². The molecule has 0 radical (unpaired) electrons. The molecule has 0 saturated heterocycles. The summed E-state index contributed by atoms with van der Waals surface area (Å²) < 4.78 is 0. The molecule has 2 heterocycles. The maximum Gasteiger partial charge on any atom is 0.153 e. The number of aryl methyl sites for hydroxylation is 1. The molecule has 4 nitrogen and oxygen atoms in total. The Balaban J connectivity index is 1.60. The molecule has 0 atom stereocenters. The second-order valence-electron chi connectivity index (χ2n) is 6.67. The van der Waals surface area contributed by atoms with Crippen LogP contribution < -0.4 is 5.32 Å². The van der Waals surface area contributed by atoms with Gasteiger partial charge in [0.25, 0.3) is 0 Å². The molecule has 4 heteroatoms. The zero-order valence-electron chi connectivity index (χ0n) is 14.9. The fourth-order valence-electron chi connectivity index (χ4n) is 3.23. The van der Waals surface area contributed by atoms with Crippen LogP contribution in [-0.2, 0) is 0 Å². The minimum absolute atomic E-state index is 0.917. The van der Waals surface area contributed by atoms with Gasteiger partial charge in [-0.1, -0.05) is 57.1 Å². The molecule has 2 aromatic heterocycles. The van der Waals surface area contributed by atoms with Gasteiger partial charge in [0.1, 0.15) is 17.4 Å². The van der Waals surface area contributed by atoms with Crippen molar-refractivity contribution in [3.05, 3.63) is 30.1 Å². The molecule has 0 aliphatic heterocycles. The van der Waals surface area contributed by atoms with E-state index in [0.717, 1.165) is 28.9 Å². The predicted molar refractivity (Wildman–Crippen MR) is 103 cm³/mol. The lowest BCUT2D eigenvalue weighted by atomic mass is 10.1. The van der Waals surface area contributed by atoms with Gasteiger partial charge in [-0.25, -0.2) is 9.97 Å². The summed E-state index contributed by atoms with van der Waals surface area (Å²) in [6.07, 6.45) is 10.9. The highest BCUT2D eigenvalue weighted by atomic mass is 15.0. The van der Waals surface area contributed by atoms with Gasteiger partial charge in [-0.2, -0.15) is 0 Å². The summed E-state index contributed by atoms with van der Waals surface area (Å²) >= 11 is 0. The lowest BCUT2D eigenvalue weighted by Gasteiger charge is -2.06. The predicted octanol–water partition coefficient (Wildman–Crippen LogP) is 5.58. The number of anilines is 1. The van der Waals surface area contributed by atoms with E-state index in [2.05, 4.69) is 52.3 Å². The molecule has 0 aliphatic rings. The first-order valence-corrected chi connectivity index (χ1v) is 9.26. The molecule has 0 fully saturated rings. The summed E-state index contributed by atoms with van der Waals surface area (Å²) in [4.78, 5) is 12.4.